The Kier molecular flexibility index (Phi) is 4.73. The van der Waals surface area contributed by atoms with Gasteiger partial charge in [-0.1, -0.05) is 41.9 Å². The molecule has 3 aromatic rings. The lowest BCUT2D eigenvalue weighted by Gasteiger charge is -2.06. The van der Waals surface area contributed by atoms with Gasteiger partial charge in [-0.05, 0) is 48.5 Å². The lowest BCUT2D eigenvalue weighted by molar-refractivity contribution is 0.0817. The Morgan fingerprint density at radius 3 is 1.62 bits per heavy atom. The van der Waals surface area contributed by atoms with Crippen LogP contribution in [0.3, 0.4) is 0 Å². The molecular weight excluding hydrogens is 324 g/mol. The zero-order valence-corrected chi connectivity index (χ0v) is 13.4. The van der Waals surface area contributed by atoms with E-state index in [0.29, 0.717) is 27.6 Å². The predicted molar refractivity (Wildman–Crippen MR) is 93.1 cm³/mol. The van der Waals surface area contributed by atoms with E-state index >= 15 is 0 Å². The van der Waals surface area contributed by atoms with Gasteiger partial charge in [0, 0.05) is 16.1 Å². The molecule has 0 aliphatic carbocycles. The Bertz CT molecular complexity index is 854. The third-order valence-electron chi connectivity index (χ3n) is 3.41. The molecule has 24 heavy (non-hydrogen) atoms. The summed E-state index contributed by atoms with van der Waals surface area (Å²) in [4.78, 5) is 24.4. The first-order valence-corrected chi connectivity index (χ1v) is 7.69. The van der Waals surface area contributed by atoms with Crippen LogP contribution in [0.5, 0.6) is 11.5 Å². The van der Waals surface area contributed by atoms with Crippen LogP contribution in [0.25, 0.3) is 0 Å². The molecule has 0 spiro atoms. The van der Waals surface area contributed by atoms with Gasteiger partial charge in [0.1, 0.15) is 11.5 Å². The van der Waals surface area contributed by atoms with E-state index in [1.807, 2.05) is 0 Å². The summed E-state index contributed by atoms with van der Waals surface area (Å²) in [6.07, 6.45) is 0. The molecule has 0 fully saturated rings. The number of benzene rings is 3. The molecule has 118 valence electrons. The smallest absolute Gasteiger partial charge is 0.233 e. The van der Waals surface area contributed by atoms with Crippen LogP contribution in [0.2, 0.25) is 5.02 Å². The first-order chi connectivity index (χ1) is 11.6. The number of carbonyl (C=O) groups excluding carboxylic acids is 2. The Hall–Kier alpha value is -2.91. The maximum atomic E-state index is 12.2. The predicted octanol–water partition coefficient (Wildman–Crippen LogP) is 5.20. The third-order valence-corrected chi connectivity index (χ3v) is 3.66. The Morgan fingerprint density at radius 1 is 0.625 bits per heavy atom. The van der Waals surface area contributed by atoms with Crippen molar-refractivity contribution in [1.29, 1.82) is 0 Å². The molecule has 0 unspecified atom stereocenters. The van der Waals surface area contributed by atoms with Crippen molar-refractivity contribution in [3.8, 4) is 11.5 Å². The minimum Gasteiger partial charge on any atom is -0.457 e. The molecule has 3 aromatic carbocycles. The highest BCUT2D eigenvalue weighted by molar-refractivity contribution is 6.49. The molecule has 0 atom stereocenters. The van der Waals surface area contributed by atoms with E-state index in [-0.39, 0.29) is 0 Å². The highest BCUT2D eigenvalue weighted by Crippen LogP contribution is 2.23. The average Bonchev–Trinajstić information content (AvgIpc) is 2.64. The van der Waals surface area contributed by atoms with Crippen LogP contribution in [0.4, 0.5) is 0 Å². The van der Waals surface area contributed by atoms with Crippen LogP contribution in [0.1, 0.15) is 20.7 Å². The number of carbonyl (C=O) groups is 2. The lowest BCUT2D eigenvalue weighted by atomic mass is 10.0. The summed E-state index contributed by atoms with van der Waals surface area (Å²) in [6.45, 7) is 0. The van der Waals surface area contributed by atoms with E-state index in [4.69, 9.17) is 16.3 Å². The number of halogens is 1. The first kappa shape index (κ1) is 16.0. The molecule has 3 nitrogen and oxygen atoms in total. The summed E-state index contributed by atoms with van der Waals surface area (Å²) in [7, 11) is 0. The molecule has 0 amide bonds. The van der Waals surface area contributed by atoms with Gasteiger partial charge in [0.15, 0.2) is 0 Å². The monoisotopic (exact) mass is 336 g/mol. The zero-order valence-electron chi connectivity index (χ0n) is 12.6. The van der Waals surface area contributed by atoms with E-state index in [1.54, 1.807) is 78.9 Å². The van der Waals surface area contributed by atoms with E-state index in [2.05, 4.69) is 0 Å². The van der Waals surface area contributed by atoms with Crippen LogP contribution in [0.15, 0.2) is 78.9 Å². The van der Waals surface area contributed by atoms with Crippen LogP contribution < -0.4 is 4.74 Å². The number of hydrogen-bond donors (Lipinski definition) is 0. The Morgan fingerprint density at radius 2 is 1.08 bits per heavy atom. The second-order valence-electron chi connectivity index (χ2n) is 5.10. The van der Waals surface area contributed by atoms with Gasteiger partial charge >= 0.3 is 0 Å². The summed E-state index contributed by atoms with van der Waals surface area (Å²) in [5, 5.41) is 0.628. The summed E-state index contributed by atoms with van der Waals surface area (Å²) in [5.41, 5.74) is 0.705. The number of hydrogen-bond acceptors (Lipinski definition) is 3. The fourth-order valence-corrected chi connectivity index (χ4v) is 2.29. The first-order valence-electron chi connectivity index (χ1n) is 7.31. The highest BCUT2D eigenvalue weighted by Gasteiger charge is 2.17. The van der Waals surface area contributed by atoms with E-state index in [9.17, 15) is 9.59 Å². The Labute approximate surface area is 144 Å². The molecule has 0 aliphatic rings. The van der Waals surface area contributed by atoms with Crippen molar-refractivity contribution in [3.05, 3.63) is 95.0 Å². The van der Waals surface area contributed by atoms with E-state index in [1.165, 1.54) is 0 Å². The molecule has 0 saturated heterocycles. The van der Waals surface area contributed by atoms with Gasteiger partial charge in [-0.2, -0.15) is 0 Å². The third kappa shape index (κ3) is 3.70. The molecule has 0 heterocycles. The number of ether oxygens (including phenoxy) is 1. The highest BCUT2D eigenvalue weighted by atomic mass is 35.5. The summed E-state index contributed by atoms with van der Waals surface area (Å²) < 4.78 is 5.66. The largest absolute Gasteiger partial charge is 0.457 e. The van der Waals surface area contributed by atoms with Gasteiger partial charge in [0.05, 0.1) is 0 Å². The van der Waals surface area contributed by atoms with Crippen LogP contribution >= 0.6 is 11.6 Å². The normalized spacial score (nSPS) is 10.2. The molecular formula is C20H13ClO3. The molecule has 3 rings (SSSR count). The number of rotatable bonds is 5. The zero-order chi connectivity index (χ0) is 16.9. The minimum atomic E-state index is -0.542. The van der Waals surface area contributed by atoms with Crippen molar-refractivity contribution in [2.75, 3.05) is 0 Å². The van der Waals surface area contributed by atoms with Crippen molar-refractivity contribution in [1.82, 2.24) is 0 Å². The average molecular weight is 337 g/mol. The summed E-state index contributed by atoms with van der Waals surface area (Å²) >= 11 is 5.83. The molecule has 0 aromatic heterocycles. The molecule has 0 radical (unpaired) electrons. The van der Waals surface area contributed by atoms with E-state index in [0.717, 1.165) is 0 Å². The quantitative estimate of drug-likeness (QED) is 0.475. The van der Waals surface area contributed by atoms with Gasteiger partial charge in [-0.25, -0.2) is 0 Å². The van der Waals surface area contributed by atoms with Crippen molar-refractivity contribution >= 4 is 23.2 Å². The number of ketones is 2. The van der Waals surface area contributed by atoms with Crippen molar-refractivity contribution in [3.63, 3.8) is 0 Å². The SMILES string of the molecule is O=C(C(=O)c1ccc(Oc2ccc(Cl)cc2)cc1)c1ccccc1. The molecule has 0 saturated carbocycles. The second-order valence-corrected chi connectivity index (χ2v) is 5.54. The molecule has 4 heteroatoms. The second kappa shape index (κ2) is 7.11. The lowest BCUT2D eigenvalue weighted by Crippen LogP contribution is -2.14. The van der Waals surface area contributed by atoms with Gasteiger partial charge in [0.2, 0.25) is 11.6 Å². The van der Waals surface area contributed by atoms with Crippen molar-refractivity contribution in [2.45, 2.75) is 0 Å². The standard InChI is InChI=1S/C20H13ClO3/c21-16-8-12-18(13-9-16)24-17-10-6-15(7-11-17)20(23)19(22)14-4-2-1-3-5-14/h1-13H. The van der Waals surface area contributed by atoms with Crippen LogP contribution in [0, 0.1) is 0 Å². The van der Waals surface area contributed by atoms with Gasteiger partial charge in [-0.15, -0.1) is 0 Å². The van der Waals surface area contributed by atoms with Crippen LogP contribution in [-0.2, 0) is 0 Å². The minimum absolute atomic E-state index is 0.326. The summed E-state index contributed by atoms with van der Waals surface area (Å²) in [5.74, 6) is 0.140. The van der Waals surface area contributed by atoms with E-state index < -0.39 is 11.6 Å². The van der Waals surface area contributed by atoms with Crippen molar-refractivity contribution in [2.24, 2.45) is 0 Å². The number of Topliss-reactive ketones (excluding diaryl/α,β-unsaturated/α-hetero) is 2. The van der Waals surface area contributed by atoms with Gasteiger partial charge in [0.25, 0.3) is 0 Å². The fraction of sp³-hybridized carbons (Fsp3) is 0. The molecule has 0 bridgehead atoms. The van der Waals surface area contributed by atoms with Crippen molar-refractivity contribution < 1.29 is 14.3 Å². The van der Waals surface area contributed by atoms with Gasteiger partial charge < -0.3 is 4.74 Å². The Balaban J connectivity index is 1.73. The maximum Gasteiger partial charge on any atom is 0.233 e. The summed E-state index contributed by atoms with van der Waals surface area (Å²) in [6, 6.07) is 21.9. The fourth-order valence-electron chi connectivity index (χ4n) is 2.16. The molecule has 0 aliphatic heterocycles. The molecule has 0 N–H and O–H groups in total. The maximum absolute atomic E-state index is 12.2. The topological polar surface area (TPSA) is 43.4 Å². The van der Waals surface area contributed by atoms with Crippen LogP contribution in [-0.4, -0.2) is 11.6 Å². The van der Waals surface area contributed by atoms with Gasteiger partial charge in [-0.3, -0.25) is 9.59 Å².